The Bertz CT molecular complexity index is 1170. The number of carboxylic acids is 1. The number of oxazole rings is 1. The third-order valence-corrected chi connectivity index (χ3v) is 5.75. The molecule has 8 nitrogen and oxygen atoms in total. The van der Waals surface area contributed by atoms with Gasteiger partial charge in [0.25, 0.3) is 5.97 Å². The summed E-state index contributed by atoms with van der Waals surface area (Å²) in [5.74, 6) is -1.52. The molecule has 0 aliphatic carbocycles. The maximum absolute atomic E-state index is 14.3. The second-order valence-corrected chi connectivity index (χ2v) is 8.61. The van der Waals surface area contributed by atoms with Crippen molar-refractivity contribution in [3.8, 4) is 0 Å². The van der Waals surface area contributed by atoms with Crippen LogP contribution in [-0.4, -0.2) is 58.1 Å². The zero-order valence-electron chi connectivity index (χ0n) is 20.1. The van der Waals surface area contributed by atoms with Crippen molar-refractivity contribution in [2.45, 2.75) is 45.8 Å². The molecular formula is C25H30F2N4O4. The molecule has 2 N–H and O–H groups in total. The average molecular weight is 489 g/mol. The highest BCUT2D eigenvalue weighted by molar-refractivity contribution is 5.76. The van der Waals surface area contributed by atoms with Gasteiger partial charge in [-0.25, -0.2) is 18.6 Å². The summed E-state index contributed by atoms with van der Waals surface area (Å²) in [6.07, 6.45) is 1.60. The summed E-state index contributed by atoms with van der Waals surface area (Å²) in [6, 6.07) is 8.79. The molecule has 10 heteroatoms. The van der Waals surface area contributed by atoms with Crippen LogP contribution in [0.1, 0.15) is 36.8 Å². The van der Waals surface area contributed by atoms with E-state index in [0.717, 1.165) is 50.0 Å². The maximum atomic E-state index is 14.3. The van der Waals surface area contributed by atoms with Gasteiger partial charge in [-0.3, -0.25) is 4.79 Å². The highest BCUT2D eigenvalue weighted by Crippen LogP contribution is 2.21. The number of carboxylic acid groups (broad SMARTS) is 1. The lowest BCUT2D eigenvalue weighted by Crippen LogP contribution is -2.49. The van der Waals surface area contributed by atoms with E-state index in [4.69, 9.17) is 14.3 Å². The van der Waals surface area contributed by atoms with E-state index >= 15 is 0 Å². The molecule has 2 aromatic carbocycles. The second kappa shape index (κ2) is 11.7. The van der Waals surface area contributed by atoms with Gasteiger partial charge in [-0.1, -0.05) is 12.1 Å². The van der Waals surface area contributed by atoms with Crippen LogP contribution in [0, 0.1) is 18.6 Å². The van der Waals surface area contributed by atoms with Crippen LogP contribution in [0.2, 0.25) is 0 Å². The number of amides is 2. The van der Waals surface area contributed by atoms with Gasteiger partial charge < -0.3 is 24.6 Å². The number of carbonyl (C=O) groups is 2. The molecule has 1 fully saturated rings. The highest BCUT2D eigenvalue weighted by Gasteiger charge is 2.28. The van der Waals surface area contributed by atoms with Crippen molar-refractivity contribution < 1.29 is 27.9 Å². The molecule has 4 rings (SSSR count). The summed E-state index contributed by atoms with van der Waals surface area (Å²) in [6.45, 7) is 5.00. The third kappa shape index (κ3) is 7.48. The average Bonchev–Trinajstić information content (AvgIpc) is 3.16. The molecule has 0 saturated carbocycles. The number of aryl methyl sites for hydroxylation is 1. The van der Waals surface area contributed by atoms with Crippen LogP contribution in [0.3, 0.4) is 0 Å². The van der Waals surface area contributed by atoms with Gasteiger partial charge in [0.15, 0.2) is 11.5 Å². The monoisotopic (exact) mass is 488 g/mol. The number of nitrogens with zero attached hydrogens (tertiary/aromatic N) is 3. The number of hydrogen-bond donors (Lipinski definition) is 2. The first-order valence-corrected chi connectivity index (χ1v) is 11.3. The fourth-order valence-electron chi connectivity index (χ4n) is 3.98. The first-order chi connectivity index (χ1) is 16.6. The predicted molar refractivity (Wildman–Crippen MR) is 127 cm³/mol. The Kier molecular flexibility index (Phi) is 8.75. The standard InChI is InChI=1S/C23H26F2N4O2.C2H4O2/c1-15-27-21-11-16(3-6-22(21)31-15)13-26-23(30)29(19-7-9-28(2)10-8-19)14-17-4-5-18(24)12-20(17)25;1-2(3)4/h3-6,11-12,19H,7-10,13-14H2,1-2H3,(H,26,30);1H3,(H,3,4). The predicted octanol–water partition coefficient (Wildman–Crippen LogP) is 4.31. The van der Waals surface area contributed by atoms with E-state index in [-0.39, 0.29) is 18.6 Å². The van der Waals surface area contributed by atoms with E-state index in [9.17, 15) is 13.6 Å². The van der Waals surface area contributed by atoms with E-state index in [0.29, 0.717) is 23.6 Å². The number of halogens is 2. The third-order valence-electron chi connectivity index (χ3n) is 5.75. The molecule has 1 aliphatic rings. The molecule has 0 bridgehead atoms. The van der Waals surface area contributed by atoms with Gasteiger partial charge in [0.2, 0.25) is 0 Å². The quantitative estimate of drug-likeness (QED) is 0.555. The van der Waals surface area contributed by atoms with E-state index in [2.05, 4.69) is 15.2 Å². The minimum Gasteiger partial charge on any atom is -0.481 e. The van der Waals surface area contributed by atoms with Gasteiger partial charge in [0.05, 0.1) is 6.54 Å². The maximum Gasteiger partial charge on any atom is 0.318 e. The SMILES string of the molecule is CC(=O)O.Cc1nc2cc(CNC(=O)N(Cc3ccc(F)cc3F)C3CCN(C)CC3)ccc2o1. The number of hydrogen-bond acceptors (Lipinski definition) is 5. The lowest BCUT2D eigenvalue weighted by Gasteiger charge is -2.37. The van der Waals surface area contributed by atoms with Crippen LogP contribution in [-0.2, 0) is 17.9 Å². The fourth-order valence-corrected chi connectivity index (χ4v) is 3.98. The van der Waals surface area contributed by atoms with Crippen molar-refractivity contribution in [1.29, 1.82) is 0 Å². The Morgan fingerprint density at radius 2 is 1.89 bits per heavy atom. The lowest BCUT2D eigenvalue weighted by atomic mass is 10.0. The van der Waals surface area contributed by atoms with Crippen LogP contribution in [0.4, 0.5) is 13.6 Å². The fraction of sp³-hybridized carbons (Fsp3) is 0.400. The molecule has 2 heterocycles. The molecular weight excluding hydrogens is 458 g/mol. The number of aliphatic carboxylic acids is 1. The van der Waals surface area contributed by atoms with Gasteiger partial charge in [-0.15, -0.1) is 0 Å². The Hall–Kier alpha value is -3.53. The van der Waals surface area contributed by atoms with Gasteiger partial charge in [-0.2, -0.15) is 0 Å². The van der Waals surface area contributed by atoms with Crippen molar-refractivity contribution in [2.24, 2.45) is 0 Å². The molecule has 1 aliphatic heterocycles. The minimum atomic E-state index is -0.833. The number of likely N-dealkylation sites (tertiary alicyclic amines) is 1. The highest BCUT2D eigenvalue weighted by atomic mass is 19.1. The zero-order valence-corrected chi connectivity index (χ0v) is 20.1. The van der Waals surface area contributed by atoms with Crippen molar-refractivity contribution in [3.63, 3.8) is 0 Å². The smallest absolute Gasteiger partial charge is 0.318 e. The van der Waals surface area contributed by atoms with E-state index < -0.39 is 17.6 Å². The van der Waals surface area contributed by atoms with Crippen LogP contribution >= 0.6 is 0 Å². The van der Waals surface area contributed by atoms with Gasteiger partial charge in [-0.05, 0) is 56.7 Å². The number of urea groups is 1. The minimum absolute atomic E-state index is 0.0127. The molecule has 2 amide bonds. The van der Waals surface area contributed by atoms with Crippen molar-refractivity contribution in [3.05, 3.63) is 65.1 Å². The van der Waals surface area contributed by atoms with Crippen LogP contribution in [0.5, 0.6) is 0 Å². The van der Waals surface area contributed by atoms with E-state index in [1.807, 2.05) is 25.2 Å². The Morgan fingerprint density at radius 1 is 1.20 bits per heavy atom. The number of carbonyl (C=O) groups excluding carboxylic acids is 1. The number of benzene rings is 2. The summed E-state index contributed by atoms with van der Waals surface area (Å²) in [4.78, 5) is 30.3. The Labute approximate surface area is 202 Å². The molecule has 0 spiro atoms. The number of aromatic nitrogens is 1. The molecule has 1 aromatic heterocycles. The van der Waals surface area contributed by atoms with Crippen LogP contribution < -0.4 is 5.32 Å². The first-order valence-electron chi connectivity index (χ1n) is 11.3. The van der Waals surface area contributed by atoms with Crippen molar-refractivity contribution in [2.75, 3.05) is 20.1 Å². The summed E-state index contributed by atoms with van der Waals surface area (Å²) < 4.78 is 33.1. The van der Waals surface area contributed by atoms with E-state index in [1.165, 1.54) is 12.1 Å². The zero-order chi connectivity index (χ0) is 25.5. The number of nitrogens with one attached hydrogen (secondary N) is 1. The number of fused-ring (bicyclic) bond motifs is 1. The molecule has 188 valence electrons. The largest absolute Gasteiger partial charge is 0.481 e. The second-order valence-electron chi connectivity index (χ2n) is 8.61. The van der Waals surface area contributed by atoms with Crippen molar-refractivity contribution >= 4 is 23.1 Å². The number of rotatable bonds is 5. The molecule has 35 heavy (non-hydrogen) atoms. The van der Waals surface area contributed by atoms with Gasteiger partial charge >= 0.3 is 6.03 Å². The summed E-state index contributed by atoms with van der Waals surface area (Å²) >= 11 is 0. The van der Waals surface area contributed by atoms with Crippen molar-refractivity contribution in [1.82, 2.24) is 20.1 Å². The molecule has 0 atom stereocenters. The summed E-state index contributed by atoms with van der Waals surface area (Å²) in [5, 5.41) is 10.4. The van der Waals surface area contributed by atoms with Crippen LogP contribution in [0.15, 0.2) is 40.8 Å². The van der Waals surface area contributed by atoms with Crippen LogP contribution in [0.25, 0.3) is 11.1 Å². The number of piperidine rings is 1. The van der Waals surface area contributed by atoms with Gasteiger partial charge in [0.1, 0.15) is 17.2 Å². The van der Waals surface area contributed by atoms with E-state index in [1.54, 1.807) is 11.8 Å². The molecule has 1 saturated heterocycles. The summed E-state index contributed by atoms with van der Waals surface area (Å²) in [7, 11) is 2.04. The molecule has 3 aromatic rings. The van der Waals surface area contributed by atoms with Gasteiger partial charge in [0, 0.05) is 38.1 Å². The molecule has 0 unspecified atom stereocenters. The molecule has 0 radical (unpaired) electrons. The Morgan fingerprint density at radius 3 is 2.54 bits per heavy atom. The first kappa shape index (κ1) is 26.1. The lowest BCUT2D eigenvalue weighted by molar-refractivity contribution is -0.134. The normalized spacial score (nSPS) is 14.3. The Balaban J connectivity index is 0.000000795. The summed E-state index contributed by atoms with van der Waals surface area (Å²) in [5.41, 5.74) is 2.64. The topological polar surface area (TPSA) is 98.9 Å².